The first-order valence-electron chi connectivity index (χ1n) is 7.45. The Morgan fingerprint density at radius 3 is 2.24 bits per heavy atom. The van der Waals surface area contributed by atoms with Crippen LogP contribution in [0.4, 0.5) is 8.78 Å². The molecule has 0 atom stereocenters. The third-order valence-corrected chi connectivity index (χ3v) is 4.96. The zero-order valence-electron chi connectivity index (χ0n) is 13.0. The van der Waals surface area contributed by atoms with E-state index in [0.717, 1.165) is 16.6 Å². The maximum atomic E-state index is 13.4. The summed E-state index contributed by atoms with van der Waals surface area (Å²) in [5, 5.41) is 0. The van der Waals surface area contributed by atoms with Crippen LogP contribution in [-0.2, 0) is 22.2 Å². The summed E-state index contributed by atoms with van der Waals surface area (Å²) in [4.78, 5) is 0. The van der Waals surface area contributed by atoms with E-state index in [1.54, 1.807) is 6.07 Å². The largest absolute Gasteiger partial charge is 0.494 e. The lowest BCUT2D eigenvalue weighted by atomic mass is 9.75. The van der Waals surface area contributed by atoms with Gasteiger partial charge in [-0.3, -0.25) is 0 Å². The molecule has 5 heteroatoms. The minimum atomic E-state index is -2.57. The van der Waals surface area contributed by atoms with Crippen LogP contribution in [0, 0.1) is 0 Å². The van der Waals surface area contributed by atoms with Gasteiger partial charge in [0.15, 0.2) is 0 Å². The van der Waals surface area contributed by atoms with Crippen molar-refractivity contribution >= 4 is 12.6 Å². The van der Waals surface area contributed by atoms with Crippen LogP contribution in [0.5, 0.6) is 0 Å². The summed E-state index contributed by atoms with van der Waals surface area (Å²) < 4.78 is 38.9. The highest BCUT2D eigenvalue weighted by atomic mass is 19.3. The van der Waals surface area contributed by atoms with Crippen molar-refractivity contribution in [3.8, 4) is 0 Å². The molecule has 0 radical (unpaired) electrons. The Bertz CT molecular complexity index is 553. The predicted molar refractivity (Wildman–Crippen MR) is 79.1 cm³/mol. The molecule has 1 fully saturated rings. The van der Waals surface area contributed by atoms with Gasteiger partial charge in [0.1, 0.15) is 0 Å². The lowest BCUT2D eigenvalue weighted by molar-refractivity contribution is -0.0122. The Balaban J connectivity index is 1.86. The van der Waals surface area contributed by atoms with Crippen molar-refractivity contribution < 1.29 is 18.1 Å². The van der Waals surface area contributed by atoms with E-state index in [2.05, 4.69) is 0 Å². The molecule has 1 heterocycles. The van der Waals surface area contributed by atoms with Crippen LogP contribution in [0.15, 0.2) is 18.2 Å². The number of rotatable bonds is 1. The summed E-state index contributed by atoms with van der Waals surface area (Å²) in [6, 6.07) is 5.61. The lowest BCUT2D eigenvalue weighted by Crippen LogP contribution is -2.41. The first kappa shape index (κ1) is 15.0. The summed E-state index contributed by atoms with van der Waals surface area (Å²) >= 11 is 0. The van der Waals surface area contributed by atoms with Crippen LogP contribution < -0.4 is 5.46 Å². The molecule has 0 spiro atoms. The van der Waals surface area contributed by atoms with Gasteiger partial charge in [-0.15, -0.1) is 0 Å². The van der Waals surface area contributed by atoms with Gasteiger partial charge in [-0.25, -0.2) is 8.78 Å². The molecule has 1 aromatic carbocycles. The smallest absolute Gasteiger partial charge is 0.399 e. The first-order chi connectivity index (χ1) is 9.60. The molecule has 3 rings (SSSR count). The molecule has 114 valence electrons. The van der Waals surface area contributed by atoms with E-state index in [1.807, 2.05) is 39.8 Å². The molecule has 0 aromatic heterocycles. The molecule has 1 saturated heterocycles. The fraction of sp³-hybridized carbons (Fsp3) is 0.625. The maximum Gasteiger partial charge on any atom is 0.494 e. The Morgan fingerprint density at radius 2 is 1.62 bits per heavy atom. The molecule has 2 aliphatic rings. The van der Waals surface area contributed by atoms with Gasteiger partial charge < -0.3 is 9.31 Å². The predicted octanol–water partition coefficient (Wildman–Crippen LogP) is 3.11. The van der Waals surface area contributed by atoms with E-state index in [-0.39, 0.29) is 24.0 Å². The summed E-state index contributed by atoms with van der Waals surface area (Å²) in [5.41, 5.74) is 1.87. The average Bonchev–Trinajstić information content (AvgIpc) is 2.57. The number of aryl methyl sites for hydroxylation is 1. The molecule has 1 aliphatic heterocycles. The molecular formula is C16H21BF2O2. The summed E-state index contributed by atoms with van der Waals surface area (Å²) in [7, 11) is -0.428. The summed E-state index contributed by atoms with van der Waals surface area (Å²) in [6.07, 6.45) is 0.175. The summed E-state index contributed by atoms with van der Waals surface area (Å²) in [6.45, 7) is 8.02. The molecule has 0 unspecified atom stereocenters. The zero-order valence-corrected chi connectivity index (χ0v) is 13.0. The van der Waals surface area contributed by atoms with Crippen molar-refractivity contribution in [2.45, 2.75) is 64.1 Å². The first-order valence-corrected chi connectivity index (χ1v) is 7.45. The second kappa shape index (κ2) is 4.53. The fourth-order valence-electron chi connectivity index (χ4n) is 2.86. The molecule has 0 N–H and O–H groups in total. The number of hydrogen-bond donors (Lipinski definition) is 0. The molecule has 1 aliphatic carbocycles. The van der Waals surface area contributed by atoms with Crippen LogP contribution in [0.1, 0.15) is 45.2 Å². The SMILES string of the molecule is CC1(C)OB(c2ccc3c(c2)CCC(F)(F)C3)OC1(C)C. The van der Waals surface area contributed by atoms with Crippen LogP contribution in [0.25, 0.3) is 0 Å². The van der Waals surface area contributed by atoms with Crippen LogP contribution in [-0.4, -0.2) is 24.2 Å². The second-order valence-corrected chi connectivity index (χ2v) is 7.15. The van der Waals surface area contributed by atoms with E-state index >= 15 is 0 Å². The van der Waals surface area contributed by atoms with E-state index in [9.17, 15) is 8.78 Å². The van der Waals surface area contributed by atoms with Gasteiger partial charge in [0.25, 0.3) is 5.92 Å². The average molecular weight is 294 g/mol. The normalized spacial score (nSPS) is 25.7. The van der Waals surface area contributed by atoms with Crippen molar-refractivity contribution in [1.29, 1.82) is 0 Å². The van der Waals surface area contributed by atoms with Crippen molar-refractivity contribution in [3.05, 3.63) is 29.3 Å². The van der Waals surface area contributed by atoms with Gasteiger partial charge in [0.2, 0.25) is 0 Å². The van der Waals surface area contributed by atoms with Crippen LogP contribution in [0.2, 0.25) is 0 Å². The van der Waals surface area contributed by atoms with E-state index < -0.39 is 13.0 Å². The lowest BCUT2D eigenvalue weighted by Gasteiger charge is -2.32. The molecule has 0 bridgehead atoms. The number of benzene rings is 1. The van der Waals surface area contributed by atoms with E-state index in [4.69, 9.17) is 9.31 Å². The topological polar surface area (TPSA) is 18.5 Å². The number of halogens is 2. The minimum Gasteiger partial charge on any atom is -0.399 e. The van der Waals surface area contributed by atoms with E-state index in [0.29, 0.717) is 6.42 Å². The van der Waals surface area contributed by atoms with Gasteiger partial charge in [-0.2, -0.15) is 0 Å². The molecular weight excluding hydrogens is 273 g/mol. The Morgan fingerprint density at radius 1 is 1.00 bits per heavy atom. The van der Waals surface area contributed by atoms with Gasteiger partial charge in [-0.1, -0.05) is 18.2 Å². The van der Waals surface area contributed by atoms with Gasteiger partial charge in [-0.05, 0) is 50.7 Å². The van der Waals surface area contributed by atoms with E-state index in [1.165, 1.54) is 0 Å². The quantitative estimate of drug-likeness (QED) is 0.741. The van der Waals surface area contributed by atoms with Crippen molar-refractivity contribution in [2.75, 3.05) is 0 Å². The van der Waals surface area contributed by atoms with Gasteiger partial charge >= 0.3 is 7.12 Å². The highest BCUT2D eigenvalue weighted by molar-refractivity contribution is 6.62. The number of fused-ring (bicyclic) bond motifs is 1. The van der Waals surface area contributed by atoms with Gasteiger partial charge in [0.05, 0.1) is 11.2 Å². The molecule has 2 nitrogen and oxygen atoms in total. The van der Waals surface area contributed by atoms with Crippen molar-refractivity contribution in [3.63, 3.8) is 0 Å². The van der Waals surface area contributed by atoms with Crippen molar-refractivity contribution in [1.82, 2.24) is 0 Å². The third kappa shape index (κ3) is 2.62. The Kier molecular flexibility index (Phi) is 3.23. The van der Waals surface area contributed by atoms with Crippen LogP contribution in [0.3, 0.4) is 0 Å². The second-order valence-electron chi connectivity index (χ2n) is 7.15. The number of hydrogen-bond acceptors (Lipinski definition) is 2. The molecule has 1 aromatic rings. The number of alkyl halides is 2. The minimum absolute atomic E-state index is 0.0766. The zero-order chi connectivity index (χ0) is 15.5. The van der Waals surface area contributed by atoms with Crippen molar-refractivity contribution in [2.24, 2.45) is 0 Å². The Labute approximate surface area is 125 Å². The van der Waals surface area contributed by atoms with Gasteiger partial charge in [0, 0.05) is 12.8 Å². The summed E-state index contributed by atoms with van der Waals surface area (Å²) in [5.74, 6) is -2.57. The standard InChI is InChI=1S/C16H21BF2O2/c1-14(2)15(3,4)21-17(20-14)13-6-5-12-10-16(18,19)8-7-11(12)9-13/h5-6,9H,7-8,10H2,1-4H3. The maximum absolute atomic E-state index is 13.4. The monoisotopic (exact) mass is 294 g/mol. The highest BCUT2D eigenvalue weighted by Gasteiger charge is 2.51. The Hall–Kier alpha value is -0.935. The molecule has 0 amide bonds. The molecule has 0 saturated carbocycles. The van der Waals surface area contributed by atoms with Crippen LogP contribution >= 0.6 is 0 Å². The molecule has 21 heavy (non-hydrogen) atoms. The highest BCUT2D eigenvalue weighted by Crippen LogP contribution is 2.37. The third-order valence-electron chi connectivity index (χ3n) is 4.96. The fourth-order valence-corrected chi connectivity index (χ4v) is 2.86.